The van der Waals surface area contributed by atoms with E-state index in [2.05, 4.69) is 27.1 Å². The number of ether oxygens (including phenoxy) is 1. The number of aromatic nitrogens is 1. The molecule has 35 heavy (non-hydrogen) atoms. The lowest BCUT2D eigenvalue weighted by Gasteiger charge is -2.29. The molecule has 0 saturated carbocycles. The molecule has 0 atom stereocenters. The smallest absolute Gasteiger partial charge is 0.203 e. The van der Waals surface area contributed by atoms with Gasteiger partial charge in [0.15, 0.2) is 17.1 Å². The van der Waals surface area contributed by atoms with Crippen LogP contribution in [0.1, 0.15) is 25.7 Å². The van der Waals surface area contributed by atoms with Crippen molar-refractivity contribution in [1.29, 1.82) is 0 Å². The summed E-state index contributed by atoms with van der Waals surface area (Å²) in [5.74, 6) is 1.45. The minimum Gasteiger partial charge on any atom is -0.491 e. The molecule has 1 aromatic rings. The van der Waals surface area contributed by atoms with Gasteiger partial charge in [0.25, 0.3) is 0 Å². The number of hydrogen-bond donors (Lipinski definition) is 0. The van der Waals surface area contributed by atoms with Crippen molar-refractivity contribution < 1.29 is 38.0 Å². The second-order valence-electron chi connectivity index (χ2n) is 8.13. The second kappa shape index (κ2) is 12.0. The Labute approximate surface area is 204 Å². The van der Waals surface area contributed by atoms with Crippen molar-refractivity contribution in [1.82, 2.24) is 9.56 Å². The second-order valence-corrected chi connectivity index (χ2v) is 8.89. The van der Waals surface area contributed by atoms with E-state index in [1.165, 1.54) is 19.3 Å². The lowest BCUT2D eigenvalue weighted by molar-refractivity contribution is -2.00. The molecule has 12 nitrogen and oxygen atoms in total. The van der Waals surface area contributed by atoms with Crippen LogP contribution in [0.5, 0.6) is 5.75 Å². The molecule has 1 fully saturated rings. The van der Waals surface area contributed by atoms with Crippen LogP contribution >= 0.6 is 0 Å². The van der Waals surface area contributed by atoms with Crippen LogP contribution in [-0.4, -0.2) is 45.3 Å². The summed E-state index contributed by atoms with van der Waals surface area (Å²) < 4.78 is 48.4. The Morgan fingerprint density at radius 3 is 2.51 bits per heavy atom. The van der Waals surface area contributed by atoms with Gasteiger partial charge < -0.3 is 14.1 Å². The first kappa shape index (κ1) is 26.5. The summed E-state index contributed by atoms with van der Waals surface area (Å²) in [7, 11) is -0.932. The van der Waals surface area contributed by atoms with Gasteiger partial charge in [0.05, 0.1) is 12.7 Å². The molecule has 2 heterocycles. The summed E-state index contributed by atoms with van der Waals surface area (Å²) in [6.45, 7) is 2.94. The van der Waals surface area contributed by atoms with E-state index < -0.39 is 10.2 Å². The Hall–Kier alpha value is -3.12. The highest BCUT2D eigenvalue weighted by Gasteiger charge is 2.18. The molecule has 13 heteroatoms. The number of benzene rings is 2. The third kappa shape index (κ3) is 7.96. The van der Waals surface area contributed by atoms with Crippen molar-refractivity contribution >= 4 is 16.8 Å². The number of rotatable bonds is 6. The van der Waals surface area contributed by atoms with E-state index in [-0.39, 0.29) is 0 Å². The summed E-state index contributed by atoms with van der Waals surface area (Å²) in [5.41, 5.74) is 11.8. The van der Waals surface area contributed by atoms with Crippen molar-refractivity contribution in [3.63, 3.8) is 0 Å². The number of piperidine rings is 1. The summed E-state index contributed by atoms with van der Waals surface area (Å²) >= 11 is 0. The maximum absolute atomic E-state index is 8.49. The number of hydrogen-bond acceptors (Lipinski definition) is 9. The molecule has 0 N–H and O–H groups in total. The molecule has 0 bridgehead atoms. The van der Waals surface area contributed by atoms with Crippen LogP contribution in [-0.2, 0) is 0 Å². The molecular weight excluding hydrogens is 480 g/mol. The van der Waals surface area contributed by atoms with Crippen LogP contribution in [0, 0.1) is 10.2 Å². The van der Waals surface area contributed by atoms with Crippen LogP contribution in [0.3, 0.4) is 0 Å². The van der Waals surface area contributed by atoms with Crippen molar-refractivity contribution in [2.24, 2.45) is 5.11 Å². The summed E-state index contributed by atoms with van der Waals surface area (Å²) in [4.78, 5) is 10.0. The number of anilines is 1. The van der Waals surface area contributed by atoms with Gasteiger partial charge in [-0.15, -0.1) is 10.2 Å². The number of halogens is 1. The molecule has 188 valence electrons. The Kier molecular flexibility index (Phi) is 9.10. The highest BCUT2D eigenvalue weighted by Crippen LogP contribution is 2.35. The van der Waals surface area contributed by atoms with Gasteiger partial charge in [-0.1, -0.05) is 5.11 Å². The van der Waals surface area contributed by atoms with E-state index in [1.807, 2.05) is 36.9 Å². The summed E-state index contributed by atoms with van der Waals surface area (Å²) in [6, 6.07) is 10.1. The molecule has 2 aliphatic heterocycles. The van der Waals surface area contributed by atoms with Crippen molar-refractivity contribution in [2.75, 3.05) is 45.2 Å². The SMILES string of the molecule is C[N+](C)=c1ccc2nc3c(OCCCN=[N+]=[N-])cc(N4CCCCC4)cc3oc-2c1.[O-][Cl+3]([O-])([O-])[O-]. The highest BCUT2D eigenvalue weighted by atomic mass is 35.7. The van der Waals surface area contributed by atoms with Gasteiger partial charge in [0.2, 0.25) is 5.36 Å². The molecule has 1 aliphatic carbocycles. The predicted molar refractivity (Wildman–Crippen MR) is 118 cm³/mol. The molecule has 3 aliphatic rings. The van der Waals surface area contributed by atoms with E-state index in [9.17, 15) is 0 Å². The molecule has 0 radical (unpaired) electrons. The summed E-state index contributed by atoms with van der Waals surface area (Å²) in [5, 5.41) is 4.64. The fraction of sp³-hybridized carbons (Fsp3) is 0.455. The van der Waals surface area contributed by atoms with Crippen LogP contribution < -0.4 is 38.2 Å². The fourth-order valence-electron chi connectivity index (χ4n) is 3.76. The lowest BCUT2D eigenvalue weighted by atomic mass is 10.1. The van der Waals surface area contributed by atoms with Crippen LogP contribution in [0.4, 0.5) is 5.69 Å². The molecule has 4 rings (SSSR count). The quantitative estimate of drug-likeness (QED) is 0.105. The summed E-state index contributed by atoms with van der Waals surface area (Å²) in [6.07, 6.45) is 4.31. The minimum absolute atomic E-state index is 0.411. The van der Waals surface area contributed by atoms with Gasteiger partial charge in [0.1, 0.15) is 25.3 Å². The Bertz CT molecular complexity index is 1220. The molecular formula is C22H27ClN6O6. The third-order valence-corrected chi connectivity index (χ3v) is 5.38. The highest BCUT2D eigenvalue weighted by molar-refractivity contribution is 5.86. The van der Waals surface area contributed by atoms with Crippen LogP contribution in [0.2, 0.25) is 0 Å². The topological polar surface area (TPSA) is 183 Å². The van der Waals surface area contributed by atoms with E-state index in [0.29, 0.717) is 36.4 Å². The van der Waals surface area contributed by atoms with Gasteiger partial charge >= 0.3 is 0 Å². The van der Waals surface area contributed by atoms with Gasteiger partial charge in [-0.3, -0.25) is 0 Å². The normalized spacial score (nSPS) is 13.7. The van der Waals surface area contributed by atoms with Crippen LogP contribution in [0.15, 0.2) is 39.9 Å². The van der Waals surface area contributed by atoms with E-state index in [0.717, 1.165) is 35.6 Å². The minimum atomic E-state index is -4.94. The molecule has 1 saturated heterocycles. The van der Waals surface area contributed by atoms with Crippen molar-refractivity contribution in [3.8, 4) is 17.2 Å². The first-order valence-electron chi connectivity index (χ1n) is 11.0. The maximum atomic E-state index is 8.49. The average Bonchev–Trinajstić information content (AvgIpc) is 2.81. The average molecular weight is 507 g/mol. The zero-order chi connectivity index (χ0) is 25.4. The first-order chi connectivity index (χ1) is 16.7. The lowest BCUT2D eigenvalue weighted by Crippen LogP contribution is -2.68. The Morgan fingerprint density at radius 1 is 1.14 bits per heavy atom. The van der Waals surface area contributed by atoms with Crippen molar-refractivity contribution in [3.05, 3.63) is 46.1 Å². The van der Waals surface area contributed by atoms with E-state index in [4.69, 9.17) is 38.3 Å². The maximum Gasteiger partial charge on any atom is 0.203 e. The molecule has 0 amide bonds. The Morgan fingerprint density at radius 2 is 1.86 bits per heavy atom. The first-order valence-corrected chi connectivity index (χ1v) is 12.3. The number of nitrogens with zero attached hydrogens (tertiary/aromatic N) is 6. The molecule has 0 spiro atoms. The van der Waals surface area contributed by atoms with Gasteiger partial charge in [-0.25, -0.2) is 28.2 Å². The number of fused-ring (bicyclic) bond motifs is 2. The third-order valence-electron chi connectivity index (χ3n) is 5.38. The fourth-order valence-corrected chi connectivity index (χ4v) is 3.76. The predicted octanol–water partition coefficient (Wildman–Crippen LogP) is -0.722. The zero-order valence-electron chi connectivity index (χ0n) is 19.6. The monoisotopic (exact) mass is 506 g/mol. The number of azide groups is 1. The van der Waals surface area contributed by atoms with E-state index in [1.54, 1.807) is 0 Å². The van der Waals surface area contributed by atoms with Crippen LogP contribution in [0.25, 0.3) is 33.0 Å². The zero-order valence-corrected chi connectivity index (χ0v) is 20.3. The molecule has 0 aromatic heterocycles. The molecule has 1 aromatic carbocycles. The van der Waals surface area contributed by atoms with Gasteiger partial charge in [0, 0.05) is 48.4 Å². The van der Waals surface area contributed by atoms with Crippen molar-refractivity contribution in [2.45, 2.75) is 25.7 Å². The van der Waals surface area contributed by atoms with Gasteiger partial charge in [-0.2, -0.15) is 0 Å². The van der Waals surface area contributed by atoms with E-state index >= 15 is 0 Å². The standard InChI is InChI=1S/C22H27N6O2.ClHO4/c1-27(2)16-7-8-18-19(13-16)30-21-15-17(28-10-4-3-5-11-28)14-20(22(21)25-18)29-12-6-9-24-26-23;2-1(3,4)5/h7-8,13-15H,3-6,9-12H2,1-2H3;(H,2,3,4,5)/q+1;/p-1. The largest absolute Gasteiger partial charge is 0.491 e. The molecule has 0 unspecified atom stereocenters. The Balaban J connectivity index is 0.000000623. The van der Waals surface area contributed by atoms with Gasteiger partial charge in [-0.05, 0) is 37.3 Å².